The van der Waals surface area contributed by atoms with Crippen LogP contribution in [0.15, 0.2) is 18.3 Å². The largest absolute Gasteiger partial charge is 0.381 e. The number of sulfonamides is 1. The van der Waals surface area contributed by atoms with Gasteiger partial charge in [-0.1, -0.05) is 11.6 Å². The predicted molar refractivity (Wildman–Crippen MR) is 99.0 cm³/mol. The Morgan fingerprint density at radius 3 is 2.56 bits per heavy atom. The van der Waals surface area contributed by atoms with E-state index in [0.29, 0.717) is 31.5 Å². The molecule has 2 heterocycles. The molecule has 2 aromatic rings. The van der Waals surface area contributed by atoms with Crippen LogP contribution in [0.5, 0.6) is 0 Å². The number of nitrogens with one attached hydrogen (secondary N) is 1. The molecule has 7 heteroatoms. The van der Waals surface area contributed by atoms with Gasteiger partial charge in [0.05, 0.1) is 23.0 Å². The molecule has 1 aliphatic heterocycles. The van der Waals surface area contributed by atoms with Gasteiger partial charge in [0, 0.05) is 30.7 Å². The molecule has 0 bridgehead atoms. The van der Waals surface area contributed by atoms with E-state index in [9.17, 15) is 13.7 Å². The Balaban J connectivity index is 1.93. The number of hydrogen-bond donors (Lipinski definition) is 1. The van der Waals surface area contributed by atoms with Gasteiger partial charge in [-0.3, -0.25) is 4.98 Å². The van der Waals surface area contributed by atoms with E-state index in [1.807, 2.05) is 19.9 Å². The minimum Gasteiger partial charge on any atom is -0.381 e. The van der Waals surface area contributed by atoms with E-state index in [1.165, 1.54) is 10.6 Å². The molecule has 1 aliphatic rings. The molecule has 0 saturated carbocycles. The maximum absolute atomic E-state index is 11.7. The Bertz CT molecular complexity index is 955. The number of nitriles is 1. The highest BCUT2D eigenvalue weighted by Crippen LogP contribution is 2.30. The van der Waals surface area contributed by atoms with Crippen molar-refractivity contribution < 1.29 is 8.42 Å². The number of aromatic nitrogens is 1. The fraction of sp³-hybridized carbons (Fsp3) is 0.444. The molecular weight excluding hydrogens is 336 g/mol. The van der Waals surface area contributed by atoms with E-state index >= 15 is 0 Å². The number of fused-ring (bicyclic) bond motifs is 1. The molecule has 0 atom stereocenters. The van der Waals surface area contributed by atoms with Crippen LogP contribution in [0.4, 0.5) is 5.69 Å². The SMILES string of the molecule is Cc1cc(C)c2ncc(C#N)c(NC3CCN(S(C)(=O)=O)CC3)c2c1. The third kappa shape index (κ3) is 3.60. The fourth-order valence-electron chi connectivity index (χ4n) is 3.44. The second-order valence-electron chi connectivity index (χ2n) is 6.72. The Kier molecular flexibility index (Phi) is 4.67. The monoisotopic (exact) mass is 358 g/mol. The van der Waals surface area contributed by atoms with Gasteiger partial charge in [-0.15, -0.1) is 0 Å². The molecule has 0 spiro atoms. The van der Waals surface area contributed by atoms with Crippen LogP contribution in [0.3, 0.4) is 0 Å². The van der Waals surface area contributed by atoms with Crippen LogP contribution in [0, 0.1) is 25.2 Å². The molecule has 1 saturated heterocycles. The Morgan fingerprint density at radius 2 is 1.96 bits per heavy atom. The molecule has 0 radical (unpaired) electrons. The molecule has 6 nitrogen and oxygen atoms in total. The first-order chi connectivity index (χ1) is 11.8. The lowest BCUT2D eigenvalue weighted by atomic mass is 10.0. The van der Waals surface area contributed by atoms with Crippen molar-refractivity contribution in [3.8, 4) is 6.07 Å². The standard InChI is InChI=1S/C18H22N4O2S/c1-12-8-13(2)17-16(9-12)18(14(10-19)11-20-17)21-15-4-6-22(7-5-15)25(3,23)24/h8-9,11,15H,4-7H2,1-3H3,(H,20,21). The zero-order chi connectivity index (χ0) is 18.2. The van der Waals surface area contributed by atoms with E-state index in [4.69, 9.17) is 0 Å². The van der Waals surface area contributed by atoms with Gasteiger partial charge >= 0.3 is 0 Å². The van der Waals surface area contributed by atoms with E-state index in [2.05, 4.69) is 22.4 Å². The molecule has 0 unspecified atom stereocenters. The summed E-state index contributed by atoms with van der Waals surface area (Å²) in [5.74, 6) is 0. The number of piperidine rings is 1. The summed E-state index contributed by atoms with van der Waals surface area (Å²) in [6.07, 6.45) is 4.29. The molecule has 25 heavy (non-hydrogen) atoms. The molecule has 1 N–H and O–H groups in total. The summed E-state index contributed by atoms with van der Waals surface area (Å²) in [5.41, 5.74) is 4.41. The second kappa shape index (κ2) is 6.62. The van der Waals surface area contributed by atoms with Crippen molar-refractivity contribution in [3.63, 3.8) is 0 Å². The van der Waals surface area contributed by atoms with E-state index < -0.39 is 10.0 Å². The lowest BCUT2D eigenvalue weighted by molar-refractivity contribution is 0.332. The van der Waals surface area contributed by atoms with Crippen LogP contribution in [0.25, 0.3) is 10.9 Å². The van der Waals surface area contributed by atoms with Crippen molar-refractivity contribution in [2.75, 3.05) is 24.7 Å². The van der Waals surface area contributed by atoms with Crippen molar-refractivity contribution in [2.24, 2.45) is 0 Å². The second-order valence-corrected chi connectivity index (χ2v) is 8.70. The minimum atomic E-state index is -3.14. The predicted octanol–water partition coefficient (Wildman–Crippen LogP) is 2.56. The molecule has 132 valence electrons. The van der Waals surface area contributed by atoms with Gasteiger partial charge in [0.1, 0.15) is 6.07 Å². The van der Waals surface area contributed by atoms with Gasteiger partial charge in [0.15, 0.2) is 0 Å². The number of rotatable bonds is 3. The molecule has 1 fully saturated rings. The highest BCUT2D eigenvalue weighted by molar-refractivity contribution is 7.88. The zero-order valence-electron chi connectivity index (χ0n) is 14.7. The maximum atomic E-state index is 11.7. The van der Waals surface area contributed by atoms with Crippen LogP contribution >= 0.6 is 0 Å². The third-order valence-electron chi connectivity index (χ3n) is 4.70. The van der Waals surface area contributed by atoms with Crippen molar-refractivity contribution in [3.05, 3.63) is 35.0 Å². The first kappa shape index (κ1) is 17.6. The number of pyridine rings is 1. The van der Waals surface area contributed by atoms with Gasteiger partial charge < -0.3 is 5.32 Å². The van der Waals surface area contributed by atoms with Crippen LogP contribution in [-0.2, 0) is 10.0 Å². The maximum Gasteiger partial charge on any atom is 0.211 e. The van der Waals surface area contributed by atoms with Gasteiger partial charge in [0.2, 0.25) is 10.0 Å². The van der Waals surface area contributed by atoms with Crippen LogP contribution < -0.4 is 5.32 Å². The first-order valence-corrected chi connectivity index (χ1v) is 10.2. The van der Waals surface area contributed by atoms with Gasteiger partial charge in [0.25, 0.3) is 0 Å². The average molecular weight is 358 g/mol. The number of aryl methyl sites for hydroxylation is 2. The van der Waals surface area contributed by atoms with Crippen LogP contribution in [0.1, 0.15) is 29.5 Å². The average Bonchev–Trinajstić information content (AvgIpc) is 2.55. The number of anilines is 1. The Morgan fingerprint density at radius 1 is 1.28 bits per heavy atom. The van der Waals surface area contributed by atoms with Crippen molar-refractivity contribution in [1.82, 2.24) is 9.29 Å². The first-order valence-electron chi connectivity index (χ1n) is 8.31. The number of hydrogen-bond acceptors (Lipinski definition) is 5. The van der Waals surface area contributed by atoms with E-state index in [1.54, 1.807) is 6.20 Å². The Labute approximate surface area is 148 Å². The smallest absolute Gasteiger partial charge is 0.211 e. The lowest BCUT2D eigenvalue weighted by Crippen LogP contribution is -2.41. The minimum absolute atomic E-state index is 0.136. The molecule has 0 amide bonds. The normalized spacial score (nSPS) is 16.7. The molecule has 3 rings (SSSR count). The molecule has 1 aromatic carbocycles. The van der Waals surface area contributed by atoms with Crippen molar-refractivity contribution >= 4 is 26.6 Å². The summed E-state index contributed by atoms with van der Waals surface area (Å²) in [5, 5.41) is 13.9. The fourth-order valence-corrected chi connectivity index (χ4v) is 4.31. The van der Waals surface area contributed by atoms with E-state index in [-0.39, 0.29) is 6.04 Å². The summed E-state index contributed by atoms with van der Waals surface area (Å²) < 4.78 is 24.8. The highest BCUT2D eigenvalue weighted by atomic mass is 32.2. The van der Waals surface area contributed by atoms with Gasteiger partial charge in [-0.05, 0) is 38.3 Å². The highest BCUT2D eigenvalue weighted by Gasteiger charge is 2.25. The molecule has 1 aromatic heterocycles. The number of nitrogens with zero attached hydrogens (tertiary/aromatic N) is 3. The summed E-state index contributed by atoms with van der Waals surface area (Å²) in [6.45, 7) is 5.04. The molecular formula is C18H22N4O2S. The zero-order valence-corrected chi connectivity index (χ0v) is 15.5. The number of benzene rings is 1. The topological polar surface area (TPSA) is 86.1 Å². The lowest BCUT2D eigenvalue weighted by Gasteiger charge is -2.31. The van der Waals surface area contributed by atoms with Gasteiger partial charge in [-0.25, -0.2) is 12.7 Å². The van der Waals surface area contributed by atoms with E-state index in [0.717, 1.165) is 27.7 Å². The Hall–Kier alpha value is -2.17. The molecule has 0 aliphatic carbocycles. The third-order valence-corrected chi connectivity index (χ3v) is 6.00. The van der Waals surface area contributed by atoms with Crippen LogP contribution in [0.2, 0.25) is 0 Å². The van der Waals surface area contributed by atoms with Crippen molar-refractivity contribution in [2.45, 2.75) is 32.7 Å². The quantitative estimate of drug-likeness (QED) is 0.911. The van der Waals surface area contributed by atoms with Crippen LogP contribution in [-0.4, -0.2) is 43.1 Å². The summed E-state index contributed by atoms with van der Waals surface area (Å²) in [7, 11) is -3.14. The van der Waals surface area contributed by atoms with Gasteiger partial charge in [-0.2, -0.15) is 5.26 Å². The van der Waals surface area contributed by atoms with Crippen molar-refractivity contribution in [1.29, 1.82) is 5.26 Å². The summed E-state index contributed by atoms with van der Waals surface area (Å²) in [6, 6.07) is 6.48. The summed E-state index contributed by atoms with van der Waals surface area (Å²) >= 11 is 0. The summed E-state index contributed by atoms with van der Waals surface area (Å²) in [4.78, 5) is 4.44.